The molecule has 214 valence electrons. The van der Waals surface area contributed by atoms with E-state index in [-0.39, 0.29) is 15.9 Å². The van der Waals surface area contributed by atoms with Crippen molar-refractivity contribution in [1.82, 2.24) is 9.55 Å². The normalized spacial score (nSPS) is 35.8. The fourth-order valence-electron chi connectivity index (χ4n) is 5.04. The van der Waals surface area contributed by atoms with Crippen LogP contribution in [0.1, 0.15) is 72.1 Å². The van der Waals surface area contributed by atoms with Gasteiger partial charge in [-0.3, -0.25) is 14.3 Å². The number of hydrogen-bond donors (Lipinski definition) is 1. The van der Waals surface area contributed by atoms with Crippen LogP contribution in [-0.2, 0) is 30.0 Å². The summed E-state index contributed by atoms with van der Waals surface area (Å²) >= 11 is 7.77. The van der Waals surface area contributed by atoms with Crippen LogP contribution in [-0.4, -0.2) is 47.5 Å². The van der Waals surface area contributed by atoms with E-state index in [0.29, 0.717) is 24.5 Å². The van der Waals surface area contributed by atoms with Gasteiger partial charge in [0.2, 0.25) is 5.69 Å². The van der Waals surface area contributed by atoms with Crippen molar-refractivity contribution < 1.29 is 18.2 Å². The number of rotatable bonds is 7. The van der Waals surface area contributed by atoms with Crippen LogP contribution < -0.4 is 11.2 Å². The second-order valence-electron chi connectivity index (χ2n) is 12.8. The summed E-state index contributed by atoms with van der Waals surface area (Å²) in [7, 11) is -2.06. The molecule has 1 aromatic heterocycles. The van der Waals surface area contributed by atoms with E-state index in [0.717, 1.165) is 19.3 Å². The number of hydrogen-bond acceptors (Lipinski definition) is 8. The van der Waals surface area contributed by atoms with Crippen molar-refractivity contribution in [2.45, 2.75) is 115 Å². The van der Waals surface area contributed by atoms with E-state index in [1.807, 2.05) is 0 Å². The Labute approximate surface area is 236 Å². The molecule has 8 nitrogen and oxygen atoms in total. The monoisotopic (exact) mass is 602 g/mol. The van der Waals surface area contributed by atoms with Gasteiger partial charge in [-0.05, 0) is 75.9 Å². The molecule has 1 N–H and O–H groups in total. The second-order valence-corrected chi connectivity index (χ2v) is 24.2. The topological polar surface area (TPSA) is 91.8 Å². The summed E-state index contributed by atoms with van der Waals surface area (Å²) in [5.41, 5.74) is -1.95. The average molecular weight is 603 g/mol. The fourth-order valence-corrected chi connectivity index (χ4v) is 13.7. The predicted octanol–water partition coefficient (Wildman–Crippen LogP) is 6.03. The van der Waals surface area contributed by atoms with Gasteiger partial charge in [-0.1, -0.05) is 44.3 Å². The lowest BCUT2D eigenvalue weighted by Gasteiger charge is -2.37. The van der Waals surface area contributed by atoms with Gasteiger partial charge in [0.25, 0.3) is 5.56 Å². The lowest BCUT2D eigenvalue weighted by Crippen LogP contribution is -2.44. The third-order valence-electron chi connectivity index (χ3n) is 8.76. The molecule has 0 radical (unpaired) electrons. The van der Waals surface area contributed by atoms with Gasteiger partial charge < -0.3 is 18.2 Å². The van der Waals surface area contributed by atoms with Crippen LogP contribution in [0.4, 0.5) is 0 Å². The summed E-state index contributed by atoms with van der Waals surface area (Å²) in [6.07, 6.45) is 3.57. The first kappa shape index (κ1) is 30.4. The van der Waals surface area contributed by atoms with Gasteiger partial charge in [0.1, 0.15) is 12.3 Å². The second kappa shape index (κ2) is 10.7. The van der Waals surface area contributed by atoms with E-state index in [2.05, 4.69) is 59.3 Å². The smallest absolute Gasteiger partial charge is 0.330 e. The summed E-state index contributed by atoms with van der Waals surface area (Å²) in [4.78, 5) is 27.0. The van der Waals surface area contributed by atoms with Gasteiger partial charge in [-0.15, -0.1) is 0 Å². The maximum atomic E-state index is 12.7. The number of nitrogens with zero attached hydrogens (tertiary/aromatic N) is 1. The van der Waals surface area contributed by atoms with Crippen LogP contribution in [0.25, 0.3) is 0 Å². The minimum absolute atomic E-state index is 0.0262. The Morgan fingerprint density at radius 3 is 2.68 bits per heavy atom. The summed E-state index contributed by atoms with van der Waals surface area (Å²) in [5.74, 6) is 0.440. The van der Waals surface area contributed by atoms with Crippen molar-refractivity contribution in [3.8, 4) is 0 Å². The van der Waals surface area contributed by atoms with Crippen LogP contribution in [0.15, 0.2) is 27.9 Å². The highest BCUT2D eigenvalue weighted by Crippen LogP contribution is 2.76. The molecule has 3 fully saturated rings. The van der Waals surface area contributed by atoms with Crippen molar-refractivity contribution >= 4 is 37.2 Å². The van der Waals surface area contributed by atoms with Gasteiger partial charge in [0.05, 0.1) is 18.8 Å². The Balaban J connectivity index is 1.57. The highest BCUT2D eigenvalue weighted by molar-refractivity contribution is 8.68. The Hall–Kier alpha value is -0.523. The first-order valence-electron chi connectivity index (χ1n) is 13.4. The van der Waals surface area contributed by atoms with E-state index in [9.17, 15) is 9.59 Å². The van der Waals surface area contributed by atoms with Crippen LogP contribution in [0.3, 0.4) is 0 Å². The molecule has 0 aromatic carbocycles. The Kier molecular flexibility index (Phi) is 8.58. The van der Waals surface area contributed by atoms with E-state index in [1.165, 1.54) is 10.1 Å². The first-order chi connectivity index (χ1) is 17.4. The molecule has 3 heterocycles. The summed E-state index contributed by atoms with van der Waals surface area (Å²) in [5, 5.41) is 0.0368. The molecule has 2 saturated heterocycles. The van der Waals surface area contributed by atoms with E-state index >= 15 is 0 Å². The van der Waals surface area contributed by atoms with Crippen molar-refractivity contribution in [3.05, 3.63) is 44.8 Å². The lowest BCUT2D eigenvalue weighted by atomic mass is 9.77. The molecule has 0 spiro atoms. The van der Waals surface area contributed by atoms with Gasteiger partial charge in [0.15, 0.2) is 8.32 Å². The molecule has 3 aliphatic rings. The molecule has 38 heavy (non-hydrogen) atoms. The van der Waals surface area contributed by atoms with Crippen LogP contribution in [0.5, 0.6) is 0 Å². The van der Waals surface area contributed by atoms with Crippen LogP contribution in [0, 0.1) is 12.8 Å². The van der Waals surface area contributed by atoms with E-state index < -0.39 is 43.7 Å². The van der Waals surface area contributed by atoms with Crippen molar-refractivity contribution in [2.75, 3.05) is 6.61 Å². The van der Waals surface area contributed by atoms with E-state index in [1.54, 1.807) is 24.5 Å². The fraction of sp³-hybridized carbons (Fsp3) is 0.769. The van der Waals surface area contributed by atoms with Crippen LogP contribution in [0.2, 0.25) is 18.1 Å². The van der Waals surface area contributed by atoms with Gasteiger partial charge in [0, 0.05) is 22.9 Å². The van der Waals surface area contributed by atoms with Gasteiger partial charge >= 0.3 is 5.69 Å². The molecule has 2 aliphatic heterocycles. The SMILES string of the molecule is C=C(C)[C@@H]1CC[C@]2(C)SP(=S)(O[C@H]3C[C@H](n4cc(C)c(=O)[nH]c4=O)O[C@@H]3CO[Si](C)(C)C(C)(C)C)O[C@H]2C1. The van der Waals surface area contributed by atoms with Crippen molar-refractivity contribution in [2.24, 2.45) is 5.92 Å². The molecule has 1 aromatic rings. The minimum atomic E-state index is -2.68. The van der Waals surface area contributed by atoms with Gasteiger partial charge in [-0.25, -0.2) is 4.79 Å². The Morgan fingerprint density at radius 1 is 1.37 bits per heavy atom. The average Bonchev–Trinajstić information content (AvgIpc) is 3.29. The number of fused-ring (bicyclic) bond motifs is 1. The zero-order valence-electron chi connectivity index (χ0n) is 23.9. The van der Waals surface area contributed by atoms with E-state index in [4.69, 9.17) is 30.0 Å². The Morgan fingerprint density at radius 2 is 2.05 bits per heavy atom. The first-order valence-corrected chi connectivity index (χ1v) is 20.3. The largest absolute Gasteiger partial charge is 0.414 e. The molecule has 1 unspecified atom stereocenters. The third kappa shape index (κ3) is 6.20. The zero-order chi connectivity index (χ0) is 28.3. The Bertz CT molecular complexity index is 1240. The molecule has 4 rings (SSSR count). The molecular formula is C26H43N2O6PS2Si. The number of aryl methyl sites for hydroxylation is 1. The summed E-state index contributed by atoms with van der Waals surface area (Å²) < 4.78 is 27.5. The van der Waals surface area contributed by atoms with Crippen molar-refractivity contribution in [3.63, 3.8) is 0 Å². The quantitative estimate of drug-likeness (QED) is 0.230. The van der Waals surface area contributed by atoms with Gasteiger partial charge in [-0.2, -0.15) is 0 Å². The number of H-pyrrole nitrogens is 1. The summed E-state index contributed by atoms with van der Waals surface area (Å²) in [6.45, 7) is 21.5. The predicted molar refractivity (Wildman–Crippen MR) is 160 cm³/mol. The highest BCUT2D eigenvalue weighted by Gasteiger charge is 2.55. The molecule has 0 amide bonds. The molecule has 12 heteroatoms. The van der Waals surface area contributed by atoms with Crippen molar-refractivity contribution in [1.29, 1.82) is 0 Å². The molecule has 1 saturated carbocycles. The third-order valence-corrected chi connectivity index (χ3v) is 19.0. The number of allylic oxidation sites excluding steroid dienone is 1. The molecule has 0 bridgehead atoms. The maximum absolute atomic E-state index is 12.7. The highest BCUT2D eigenvalue weighted by atomic mass is 32.9. The van der Waals surface area contributed by atoms with Crippen LogP contribution >= 0.6 is 17.1 Å². The number of ether oxygens (including phenoxy) is 1. The standard InChI is InChI=1S/C26H43N2O6PS2Si/c1-16(2)18-10-11-26(7)21(12-18)34-35(36,37-26)33-19-13-22(28-14-17(3)23(29)27-24(28)30)32-20(19)15-31-38(8,9)25(4,5)6/h14,18-22H,1,10-13,15H2,2-9H3,(H,27,29,30)/t18-,19+,20-,21+,22-,26+,35?/m1/s1. The maximum Gasteiger partial charge on any atom is 0.330 e. The summed E-state index contributed by atoms with van der Waals surface area (Å²) in [6, 6.07) is 0. The molecular weight excluding hydrogens is 559 g/mol. The molecule has 1 aliphatic carbocycles. The molecule has 7 atom stereocenters. The number of aromatic nitrogens is 2. The lowest BCUT2D eigenvalue weighted by molar-refractivity contribution is -0.0400. The minimum Gasteiger partial charge on any atom is -0.414 e. The number of aromatic amines is 1. The zero-order valence-corrected chi connectivity index (χ0v) is 27.4. The number of nitrogens with one attached hydrogen (secondary N) is 1.